The van der Waals surface area contributed by atoms with E-state index in [1.165, 1.54) is 19.2 Å². The number of esters is 1. The van der Waals surface area contributed by atoms with Crippen molar-refractivity contribution in [3.8, 4) is 11.5 Å². The molecule has 0 aromatic heterocycles. The highest BCUT2D eigenvalue weighted by molar-refractivity contribution is 5.95. The predicted molar refractivity (Wildman–Crippen MR) is 73.4 cm³/mol. The fraction of sp³-hybridized carbons (Fsp3) is 0.133. The van der Waals surface area contributed by atoms with Crippen LogP contribution in [-0.4, -0.2) is 13.1 Å². The predicted octanol–water partition coefficient (Wildman–Crippen LogP) is 3.43. The largest absolute Gasteiger partial charge is 0.465 e. The quantitative estimate of drug-likeness (QED) is 0.695. The standard InChI is InChI=1S/C15H13F2NO3/c1-8-3-4-9(5-11(8)16)21-14-6-10(15(19)20-2)13(18)7-12(14)17/h3-7H,18H2,1-2H3. The van der Waals surface area contributed by atoms with E-state index in [0.717, 1.165) is 18.2 Å². The molecule has 6 heteroatoms. The topological polar surface area (TPSA) is 61.5 Å². The van der Waals surface area contributed by atoms with Crippen LogP contribution in [0.3, 0.4) is 0 Å². The Morgan fingerprint density at radius 2 is 1.86 bits per heavy atom. The third-order valence-corrected chi connectivity index (χ3v) is 2.88. The Morgan fingerprint density at radius 3 is 2.48 bits per heavy atom. The van der Waals surface area contributed by atoms with E-state index in [4.69, 9.17) is 10.5 Å². The maximum absolute atomic E-state index is 13.8. The Hall–Kier alpha value is -2.63. The Bertz CT molecular complexity index is 702. The highest BCUT2D eigenvalue weighted by Gasteiger charge is 2.16. The molecule has 0 radical (unpaired) electrons. The van der Waals surface area contributed by atoms with Gasteiger partial charge < -0.3 is 15.2 Å². The van der Waals surface area contributed by atoms with Gasteiger partial charge in [0.15, 0.2) is 11.6 Å². The van der Waals surface area contributed by atoms with Crippen molar-refractivity contribution in [2.45, 2.75) is 6.92 Å². The number of hydrogen-bond acceptors (Lipinski definition) is 4. The lowest BCUT2D eigenvalue weighted by Gasteiger charge is -2.10. The van der Waals surface area contributed by atoms with Gasteiger partial charge in [0.25, 0.3) is 0 Å². The van der Waals surface area contributed by atoms with Gasteiger partial charge in [-0.05, 0) is 18.6 Å². The number of halogens is 2. The van der Waals surface area contributed by atoms with Gasteiger partial charge in [0.2, 0.25) is 0 Å². The first-order valence-corrected chi connectivity index (χ1v) is 6.03. The molecule has 4 nitrogen and oxygen atoms in total. The van der Waals surface area contributed by atoms with Gasteiger partial charge in [0.1, 0.15) is 11.6 Å². The average Bonchev–Trinajstić information content (AvgIpc) is 2.45. The minimum atomic E-state index is -0.763. The van der Waals surface area contributed by atoms with Crippen LogP contribution in [0.4, 0.5) is 14.5 Å². The SMILES string of the molecule is COC(=O)c1cc(Oc2ccc(C)c(F)c2)c(F)cc1N. The number of carbonyl (C=O) groups excluding carboxylic acids is 1. The van der Waals surface area contributed by atoms with E-state index in [9.17, 15) is 13.6 Å². The van der Waals surface area contributed by atoms with Crippen LogP contribution >= 0.6 is 0 Å². The summed E-state index contributed by atoms with van der Waals surface area (Å²) in [4.78, 5) is 11.5. The van der Waals surface area contributed by atoms with Gasteiger partial charge >= 0.3 is 5.97 Å². The van der Waals surface area contributed by atoms with Crippen LogP contribution in [0, 0.1) is 18.6 Å². The van der Waals surface area contributed by atoms with Crippen molar-refractivity contribution in [3.63, 3.8) is 0 Å². The highest BCUT2D eigenvalue weighted by Crippen LogP contribution is 2.29. The van der Waals surface area contributed by atoms with Gasteiger partial charge in [-0.1, -0.05) is 6.07 Å². The molecule has 0 aliphatic carbocycles. The lowest BCUT2D eigenvalue weighted by atomic mass is 10.1. The second-order valence-electron chi connectivity index (χ2n) is 4.37. The average molecular weight is 293 g/mol. The summed E-state index contributed by atoms with van der Waals surface area (Å²) in [7, 11) is 1.18. The number of nitrogens with two attached hydrogens (primary N) is 1. The van der Waals surface area contributed by atoms with Crippen LogP contribution in [0.25, 0.3) is 0 Å². The van der Waals surface area contributed by atoms with Gasteiger partial charge in [-0.15, -0.1) is 0 Å². The zero-order chi connectivity index (χ0) is 15.6. The molecule has 0 spiro atoms. The third kappa shape index (κ3) is 3.10. The first kappa shape index (κ1) is 14.8. The maximum atomic E-state index is 13.8. The Kier molecular flexibility index (Phi) is 4.07. The number of anilines is 1. The van der Waals surface area contributed by atoms with Gasteiger partial charge in [0, 0.05) is 23.9 Å². The van der Waals surface area contributed by atoms with E-state index in [1.54, 1.807) is 6.92 Å². The molecule has 0 bridgehead atoms. The Morgan fingerprint density at radius 1 is 1.14 bits per heavy atom. The van der Waals surface area contributed by atoms with Crippen molar-refractivity contribution in [2.75, 3.05) is 12.8 Å². The summed E-state index contributed by atoms with van der Waals surface area (Å²) >= 11 is 0. The molecular weight excluding hydrogens is 280 g/mol. The number of carbonyl (C=O) groups is 1. The highest BCUT2D eigenvalue weighted by atomic mass is 19.1. The van der Waals surface area contributed by atoms with Crippen LogP contribution in [-0.2, 0) is 4.74 Å². The molecule has 0 fully saturated rings. The minimum Gasteiger partial charge on any atom is -0.465 e. The van der Waals surface area contributed by atoms with Gasteiger partial charge in [-0.2, -0.15) is 0 Å². The van der Waals surface area contributed by atoms with Crippen LogP contribution in [0.2, 0.25) is 0 Å². The van der Waals surface area contributed by atoms with Crippen LogP contribution in [0.15, 0.2) is 30.3 Å². The number of benzene rings is 2. The zero-order valence-electron chi connectivity index (χ0n) is 11.4. The van der Waals surface area contributed by atoms with Gasteiger partial charge in [0.05, 0.1) is 12.7 Å². The first-order chi connectivity index (χ1) is 9.92. The van der Waals surface area contributed by atoms with E-state index < -0.39 is 17.6 Å². The summed E-state index contributed by atoms with van der Waals surface area (Å²) in [6.07, 6.45) is 0. The molecular formula is C15H13F2NO3. The summed E-state index contributed by atoms with van der Waals surface area (Å²) in [5.41, 5.74) is 5.89. The number of hydrogen-bond donors (Lipinski definition) is 1. The molecule has 0 unspecified atom stereocenters. The smallest absolute Gasteiger partial charge is 0.340 e. The summed E-state index contributed by atoms with van der Waals surface area (Å²) in [5, 5.41) is 0. The molecule has 21 heavy (non-hydrogen) atoms. The summed E-state index contributed by atoms with van der Waals surface area (Å²) < 4.78 is 37.1. The van der Waals surface area contributed by atoms with Gasteiger partial charge in [-0.3, -0.25) is 0 Å². The molecule has 110 valence electrons. The van der Waals surface area contributed by atoms with E-state index in [-0.39, 0.29) is 22.7 Å². The van der Waals surface area contributed by atoms with Crippen molar-refractivity contribution in [3.05, 3.63) is 53.1 Å². The number of aryl methyl sites for hydroxylation is 1. The van der Waals surface area contributed by atoms with Crippen LogP contribution in [0.5, 0.6) is 11.5 Å². The number of nitrogen functional groups attached to an aromatic ring is 1. The van der Waals surface area contributed by atoms with E-state index in [0.29, 0.717) is 5.56 Å². The normalized spacial score (nSPS) is 10.3. The Balaban J connectivity index is 2.39. The summed E-state index contributed by atoms with van der Waals surface area (Å²) in [6, 6.07) is 6.19. The molecule has 0 heterocycles. The molecule has 0 amide bonds. The fourth-order valence-electron chi connectivity index (χ4n) is 1.70. The van der Waals surface area contributed by atoms with Crippen molar-refractivity contribution >= 4 is 11.7 Å². The molecule has 2 aromatic carbocycles. The van der Waals surface area contributed by atoms with Crippen molar-refractivity contribution in [1.82, 2.24) is 0 Å². The van der Waals surface area contributed by atoms with Crippen LogP contribution in [0.1, 0.15) is 15.9 Å². The molecule has 2 aromatic rings. The van der Waals surface area contributed by atoms with Gasteiger partial charge in [-0.25, -0.2) is 13.6 Å². The van der Waals surface area contributed by atoms with E-state index in [1.807, 2.05) is 0 Å². The summed E-state index contributed by atoms with van der Waals surface area (Å²) in [5.74, 6) is -2.09. The second-order valence-corrected chi connectivity index (χ2v) is 4.37. The minimum absolute atomic E-state index is 0.0264. The zero-order valence-corrected chi connectivity index (χ0v) is 11.4. The molecule has 0 saturated heterocycles. The maximum Gasteiger partial charge on any atom is 0.340 e. The van der Waals surface area contributed by atoms with Crippen LogP contribution < -0.4 is 10.5 Å². The van der Waals surface area contributed by atoms with Crippen molar-refractivity contribution < 1.29 is 23.0 Å². The van der Waals surface area contributed by atoms with Crippen molar-refractivity contribution in [1.29, 1.82) is 0 Å². The first-order valence-electron chi connectivity index (χ1n) is 6.03. The number of ether oxygens (including phenoxy) is 2. The molecule has 0 aliphatic rings. The van der Waals surface area contributed by atoms with E-state index >= 15 is 0 Å². The monoisotopic (exact) mass is 293 g/mol. The second kappa shape index (κ2) is 5.78. The lowest BCUT2D eigenvalue weighted by Crippen LogP contribution is -2.06. The lowest BCUT2D eigenvalue weighted by molar-refractivity contribution is 0.0601. The molecule has 2 rings (SSSR count). The summed E-state index contributed by atoms with van der Waals surface area (Å²) in [6.45, 7) is 1.60. The fourth-order valence-corrected chi connectivity index (χ4v) is 1.70. The van der Waals surface area contributed by atoms with E-state index in [2.05, 4.69) is 4.74 Å². The van der Waals surface area contributed by atoms with Crippen molar-refractivity contribution in [2.24, 2.45) is 0 Å². The molecule has 0 aliphatic heterocycles. The third-order valence-electron chi connectivity index (χ3n) is 2.88. The Labute approximate surface area is 120 Å². The number of methoxy groups -OCH3 is 1. The number of rotatable bonds is 3. The molecule has 2 N–H and O–H groups in total. The molecule has 0 saturated carbocycles. The molecule has 0 atom stereocenters.